The van der Waals surface area contributed by atoms with Gasteiger partial charge in [-0.3, -0.25) is 4.79 Å². The molecule has 1 aromatic carbocycles. The quantitative estimate of drug-likeness (QED) is 0.862. The predicted molar refractivity (Wildman–Crippen MR) is 80.2 cm³/mol. The van der Waals surface area contributed by atoms with Gasteiger partial charge in [0.05, 0.1) is 5.69 Å². The van der Waals surface area contributed by atoms with Crippen LogP contribution in [0.15, 0.2) is 29.1 Å². The highest BCUT2D eigenvalue weighted by molar-refractivity contribution is 7.80. The summed E-state index contributed by atoms with van der Waals surface area (Å²) >= 11 is 10.9. The second kappa shape index (κ2) is 5.11. The van der Waals surface area contributed by atoms with Crippen molar-refractivity contribution in [2.45, 2.75) is 13.8 Å². The molecule has 2 aromatic rings. The molecule has 0 aliphatic heterocycles. The van der Waals surface area contributed by atoms with Crippen molar-refractivity contribution in [2.24, 2.45) is 5.73 Å². The number of benzene rings is 1. The van der Waals surface area contributed by atoms with E-state index in [1.165, 1.54) is 6.07 Å². The van der Waals surface area contributed by atoms with Gasteiger partial charge in [0.25, 0.3) is 0 Å². The second-order valence-corrected chi connectivity index (χ2v) is 5.01. The maximum Gasteiger partial charge on any atom is 0.210 e. The minimum absolute atomic E-state index is 0.0153. The average molecular weight is 294 g/mol. The molecule has 19 heavy (non-hydrogen) atoms. The van der Waals surface area contributed by atoms with Crippen molar-refractivity contribution in [1.82, 2.24) is 9.78 Å². The maximum atomic E-state index is 11.7. The number of nitrogens with two attached hydrogens (primary N) is 1. The van der Waals surface area contributed by atoms with Gasteiger partial charge in [0.2, 0.25) is 5.43 Å². The average Bonchev–Trinajstić information content (AvgIpc) is 2.33. The molecule has 0 saturated carbocycles. The van der Waals surface area contributed by atoms with Gasteiger partial charge in [-0.15, -0.1) is 0 Å². The number of aromatic nitrogens is 2. The van der Waals surface area contributed by atoms with E-state index in [9.17, 15) is 4.79 Å². The lowest BCUT2D eigenvalue weighted by atomic mass is 10.2. The van der Waals surface area contributed by atoms with Crippen LogP contribution in [0, 0.1) is 13.8 Å². The lowest BCUT2D eigenvalue weighted by molar-refractivity contribution is 0.789. The van der Waals surface area contributed by atoms with Crippen LogP contribution in [0.2, 0.25) is 5.02 Å². The number of rotatable bonds is 2. The number of halogens is 1. The molecule has 1 heterocycles. The Kier molecular flexibility index (Phi) is 3.68. The molecule has 0 aliphatic rings. The zero-order chi connectivity index (χ0) is 14.2. The zero-order valence-electron chi connectivity index (χ0n) is 10.5. The summed E-state index contributed by atoms with van der Waals surface area (Å²) in [6.07, 6.45) is 0. The molecule has 0 aliphatic carbocycles. The van der Waals surface area contributed by atoms with Crippen molar-refractivity contribution in [3.63, 3.8) is 0 Å². The first-order valence-electron chi connectivity index (χ1n) is 5.58. The summed E-state index contributed by atoms with van der Waals surface area (Å²) in [6.45, 7) is 3.68. The van der Waals surface area contributed by atoms with Crippen LogP contribution in [-0.4, -0.2) is 14.8 Å². The number of nitrogens with zero attached hydrogens (tertiary/aromatic N) is 2. The normalized spacial score (nSPS) is 10.5. The fourth-order valence-electron chi connectivity index (χ4n) is 1.79. The van der Waals surface area contributed by atoms with Gasteiger partial charge in [-0.1, -0.05) is 29.9 Å². The van der Waals surface area contributed by atoms with E-state index in [0.29, 0.717) is 10.7 Å². The van der Waals surface area contributed by atoms with Crippen LogP contribution >= 0.6 is 23.8 Å². The molecular formula is C13H12ClN3OS. The first-order chi connectivity index (χ1) is 8.91. The Labute approximate surface area is 120 Å². The first-order valence-corrected chi connectivity index (χ1v) is 6.36. The highest BCUT2D eigenvalue weighted by Crippen LogP contribution is 2.22. The van der Waals surface area contributed by atoms with E-state index in [1.54, 1.807) is 17.7 Å². The number of thiocarbonyl (C=S) groups is 1. The molecule has 0 atom stereocenters. The predicted octanol–water partition coefficient (Wildman–Crippen LogP) is 2.14. The summed E-state index contributed by atoms with van der Waals surface area (Å²) < 4.78 is 1.62. The van der Waals surface area contributed by atoms with Crippen molar-refractivity contribution in [1.29, 1.82) is 0 Å². The number of hydrogen-bond acceptors (Lipinski definition) is 3. The summed E-state index contributed by atoms with van der Waals surface area (Å²) in [6, 6.07) is 6.95. The molecule has 4 nitrogen and oxygen atoms in total. The minimum atomic E-state index is -0.277. The Hall–Kier alpha value is -1.72. The molecule has 2 rings (SSSR count). The fourth-order valence-corrected chi connectivity index (χ4v) is 2.10. The van der Waals surface area contributed by atoms with E-state index in [2.05, 4.69) is 5.10 Å². The van der Waals surface area contributed by atoms with Gasteiger partial charge in [-0.2, -0.15) is 5.10 Å². The van der Waals surface area contributed by atoms with E-state index >= 15 is 0 Å². The summed E-state index contributed by atoms with van der Waals surface area (Å²) in [5, 5.41) is 4.86. The van der Waals surface area contributed by atoms with E-state index in [0.717, 1.165) is 11.3 Å². The van der Waals surface area contributed by atoms with Crippen LogP contribution in [0.1, 0.15) is 17.0 Å². The van der Waals surface area contributed by atoms with Gasteiger partial charge in [-0.05, 0) is 31.5 Å². The number of hydrogen-bond donors (Lipinski definition) is 1. The van der Waals surface area contributed by atoms with Crippen LogP contribution in [0.5, 0.6) is 0 Å². The standard InChI is InChI=1S/C13H12ClN3OS/c1-7-6-11(18)12(13(15)19)16-17(7)10-5-3-4-9(14)8(10)2/h3-6H,1-2H3,(H2,15,19). The minimum Gasteiger partial charge on any atom is -0.388 e. The third-order valence-electron chi connectivity index (χ3n) is 2.81. The Bertz CT molecular complexity index is 724. The Morgan fingerprint density at radius 3 is 2.74 bits per heavy atom. The molecule has 0 bridgehead atoms. The van der Waals surface area contributed by atoms with Crippen LogP contribution in [0.4, 0.5) is 0 Å². The van der Waals surface area contributed by atoms with Gasteiger partial charge in [0.15, 0.2) is 5.69 Å². The summed E-state index contributed by atoms with van der Waals surface area (Å²) in [7, 11) is 0. The third-order valence-corrected chi connectivity index (χ3v) is 3.41. The second-order valence-electron chi connectivity index (χ2n) is 4.16. The summed E-state index contributed by atoms with van der Waals surface area (Å²) in [4.78, 5) is 11.7. The van der Waals surface area contributed by atoms with Crippen LogP contribution in [0.25, 0.3) is 5.69 Å². The summed E-state index contributed by atoms with van der Waals surface area (Å²) in [5.74, 6) is 0. The van der Waals surface area contributed by atoms with Gasteiger partial charge in [-0.25, -0.2) is 4.68 Å². The molecule has 0 spiro atoms. The monoisotopic (exact) mass is 293 g/mol. The molecule has 2 N–H and O–H groups in total. The van der Waals surface area contributed by atoms with Crippen molar-refractivity contribution < 1.29 is 0 Å². The lowest BCUT2D eigenvalue weighted by Crippen LogP contribution is -2.26. The van der Waals surface area contributed by atoms with Gasteiger partial charge in [0, 0.05) is 16.8 Å². The molecule has 98 valence electrons. The van der Waals surface area contributed by atoms with Gasteiger partial charge >= 0.3 is 0 Å². The van der Waals surface area contributed by atoms with Gasteiger partial charge in [0.1, 0.15) is 4.99 Å². The van der Waals surface area contributed by atoms with Crippen molar-refractivity contribution >= 4 is 28.8 Å². The van der Waals surface area contributed by atoms with E-state index < -0.39 is 0 Å². The molecule has 0 radical (unpaired) electrons. The number of aryl methyl sites for hydroxylation is 1. The molecule has 0 fully saturated rings. The summed E-state index contributed by atoms with van der Waals surface area (Å²) in [5.41, 5.74) is 7.67. The molecule has 1 aromatic heterocycles. The van der Waals surface area contributed by atoms with E-state index in [-0.39, 0.29) is 16.1 Å². The molecule has 0 amide bonds. The largest absolute Gasteiger partial charge is 0.388 e. The van der Waals surface area contributed by atoms with E-state index in [4.69, 9.17) is 29.6 Å². The van der Waals surface area contributed by atoms with Gasteiger partial charge < -0.3 is 5.73 Å². The highest BCUT2D eigenvalue weighted by Gasteiger charge is 2.12. The molecule has 6 heteroatoms. The topological polar surface area (TPSA) is 60.9 Å². The zero-order valence-corrected chi connectivity index (χ0v) is 12.0. The van der Waals surface area contributed by atoms with Crippen molar-refractivity contribution in [3.8, 4) is 5.69 Å². The Morgan fingerprint density at radius 2 is 2.11 bits per heavy atom. The van der Waals surface area contributed by atoms with Crippen molar-refractivity contribution in [2.75, 3.05) is 0 Å². The maximum absolute atomic E-state index is 11.7. The Balaban J connectivity index is 2.76. The smallest absolute Gasteiger partial charge is 0.210 e. The fraction of sp³-hybridized carbons (Fsp3) is 0.154. The third kappa shape index (κ3) is 2.52. The Morgan fingerprint density at radius 1 is 1.42 bits per heavy atom. The highest BCUT2D eigenvalue weighted by atomic mass is 35.5. The van der Waals surface area contributed by atoms with Crippen molar-refractivity contribution in [3.05, 3.63) is 56.5 Å². The SMILES string of the molecule is Cc1c(Cl)cccc1-n1nc(C(N)=S)c(=O)cc1C. The molecular weight excluding hydrogens is 282 g/mol. The molecule has 0 unspecified atom stereocenters. The van der Waals surface area contributed by atoms with E-state index in [1.807, 2.05) is 19.1 Å². The first kappa shape index (κ1) is 13.7. The molecule has 0 saturated heterocycles. The van der Waals surface area contributed by atoms with Crippen LogP contribution in [0.3, 0.4) is 0 Å². The van der Waals surface area contributed by atoms with Crippen LogP contribution < -0.4 is 11.2 Å². The lowest BCUT2D eigenvalue weighted by Gasteiger charge is -2.13. The van der Waals surface area contributed by atoms with Crippen LogP contribution in [-0.2, 0) is 0 Å².